The van der Waals surface area contributed by atoms with Gasteiger partial charge >= 0.3 is 0 Å². The molecule has 2 aromatic heterocycles. The third-order valence-electron chi connectivity index (χ3n) is 3.21. The van der Waals surface area contributed by atoms with Crippen LogP contribution in [-0.4, -0.2) is 23.0 Å². The van der Waals surface area contributed by atoms with Gasteiger partial charge < -0.3 is 10.1 Å². The Morgan fingerprint density at radius 1 is 1.33 bits per heavy atom. The van der Waals surface area contributed by atoms with Crippen LogP contribution >= 0.6 is 27.3 Å². The number of methoxy groups -OCH3 is 1. The minimum atomic E-state index is -0.149. The molecule has 0 saturated heterocycles. The summed E-state index contributed by atoms with van der Waals surface area (Å²) in [5, 5.41) is 5.54. The molecule has 0 radical (unpaired) electrons. The van der Waals surface area contributed by atoms with Crippen molar-refractivity contribution in [1.82, 2.24) is 9.97 Å². The third-order valence-corrected chi connectivity index (χ3v) is 4.62. The Balaban J connectivity index is 1.70. The normalized spacial score (nSPS) is 10.4. The van der Waals surface area contributed by atoms with Crippen LogP contribution in [0.1, 0.15) is 5.69 Å². The minimum Gasteiger partial charge on any atom is -0.495 e. The molecule has 3 rings (SSSR count). The largest absolute Gasteiger partial charge is 0.495 e. The summed E-state index contributed by atoms with van der Waals surface area (Å²) in [6, 6.07) is 11.1. The molecule has 0 bridgehead atoms. The van der Waals surface area contributed by atoms with Gasteiger partial charge in [-0.1, -0.05) is 22.0 Å². The fourth-order valence-electron chi connectivity index (χ4n) is 2.13. The van der Waals surface area contributed by atoms with Gasteiger partial charge in [0.25, 0.3) is 0 Å². The van der Waals surface area contributed by atoms with Crippen molar-refractivity contribution >= 4 is 38.9 Å². The Labute approximate surface area is 151 Å². The molecular formula is C17H14BrN3O2S. The lowest BCUT2D eigenvalue weighted by Crippen LogP contribution is -2.15. The van der Waals surface area contributed by atoms with E-state index in [-0.39, 0.29) is 12.3 Å². The van der Waals surface area contributed by atoms with Gasteiger partial charge in [-0.15, -0.1) is 11.3 Å². The molecule has 0 spiro atoms. The number of thiazole rings is 1. The number of carbonyl (C=O) groups excluding carboxylic acids is 1. The molecule has 0 fully saturated rings. The van der Waals surface area contributed by atoms with Crippen molar-refractivity contribution in [3.8, 4) is 16.5 Å². The van der Waals surface area contributed by atoms with Crippen LogP contribution in [0, 0.1) is 0 Å². The number of ether oxygens (including phenoxy) is 1. The van der Waals surface area contributed by atoms with Crippen molar-refractivity contribution in [2.45, 2.75) is 6.42 Å². The highest BCUT2D eigenvalue weighted by molar-refractivity contribution is 9.10. The average Bonchev–Trinajstić information content (AvgIpc) is 3.04. The fourth-order valence-corrected chi connectivity index (χ4v) is 3.29. The van der Waals surface area contributed by atoms with E-state index in [4.69, 9.17) is 4.74 Å². The predicted molar refractivity (Wildman–Crippen MR) is 98.4 cm³/mol. The lowest BCUT2D eigenvalue weighted by molar-refractivity contribution is -0.115. The molecule has 7 heteroatoms. The lowest BCUT2D eigenvalue weighted by Gasteiger charge is -2.10. The number of anilines is 1. The standard InChI is InChI=1S/C17H14BrN3O2S/c1-23-15-6-5-11(18)8-14(15)21-16(22)9-12-10-24-17(20-12)13-4-2-3-7-19-13/h2-8,10H,9H2,1H3,(H,21,22). The molecule has 0 saturated carbocycles. The summed E-state index contributed by atoms with van der Waals surface area (Å²) in [5.74, 6) is 0.461. The van der Waals surface area contributed by atoms with E-state index in [1.807, 2.05) is 29.6 Å². The van der Waals surface area contributed by atoms with Gasteiger partial charge in [0.1, 0.15) is 10.8 Å². The van der Waals surface area contributed by atoms with E-state index in [1.54, 1.807) is 25.4 Å². The van der Waals surface area contributed by atoms with Gasteiger partial charge in [0.05, 0.1) is 30.6 Å². The summed E-state index contributed by atoms with van der Waals surface area (Å²) in [7, 11) is 1.57. The van der Waals surface area contributed by atoms with Crippen molar-refractivity contribution in [2.24, 2.45) is 0 Å². The van der Waals surface area contributed by atoms with E-state index in [9.17, 15) is 4.79 Å². The van der Waals surface area contributed by atoms with E-state index in [2.05, 4.69) is 31.2 Å². The Kier molecular flexibility index (Phi) is 5.22. The molecule has 3 aromatic rings. The first-order valence-corrected chi connectivity index (χ1v) is 8.82. The van der Waals surface area contributed by atoms with Gasteiger partial charge in [-0.05, 0) is 30.3 Å². The summed E-state index contributed by atoms with van der Waals surface area (Å²) < 4.78 is 6.12. The Morgan fingerprint density at radius 2 is 2.21 bits per heavy atom. The van der Waals surface area contributed by atoms with Gasteiger partial charge in [0, 0.05) is 16.0 Å². The van der Waals surface area contributed by atoms with Crippen molar-refractivity contribution in [2.75, 3.05) is 12.4 Å². The maximum Gasteiger partial charge on any atom is 0.230 e. The first-order valence-electron chi connectivity index (χ1n) is 7.15. The van der Waals surface area contributed by atoms with E-state index >= 15 is 0 Å². The zero-order chi connectivity index (χ0) is 16.9. The molecule has 1 aromatic carbocycles. The summed E-state index contributed by atoms with van der Waals surface area (Å²) in [5.41, 5.74) is 2.15. The first kappa shape index (κ1) is 16.6. The molecule has 1 N–H and O–H groups in total. The number of benzene rings is 1. The summed E-state index contributed by atoms with van der Waals surface area (Å²) in [6.45, 7) is 0. The maximum atomic E-state index is 12.3. The van der Waals surface area contributed by atoms with Crippen LogP contribution in [0.2, 0.25) is 0 Å². The average molecular weight is 404 g/mol. The van der Waals surface area contributed by atoms with Crippen molar-refractivity contribution in [1.29, 1.82) is 0 Å². The monoisotopic (exact) mass is 403 g/mol. The maximum absolute atomic E-state index is 12.3. The number of hydrogen-bond acceptors (Lipinski definition) is 5. The van der Waals surface area contributed by atoms with Crippen LogP contribution in [0.5, 0.6) is 5.75 Å². The predicted octanol–water partition coefficient (Wildman–Crippen LogP) is 4.16. The molecule has 1 amide bonds. The van der Waals surface area contributed by atoms with Crippen LogP contribution < -0.4 is 10.1 Å². The number of hydrogen-bond donors (Lipinski definition) is 1. The van der Waals surface area contributed by atoms with E-state index in [0.717, 1.165) is 15.2 Å². The smallest absolute Gasteiger partial charge is 0.230 e. The number of rotatable bonds is 5. The molecule has 0 unspecified atom stereocenters. The second-order valence-electron chi connectivity index (χ2n) is 4.93. The lowest BCUT2D eigenvalue weighted by atomic mass is 10.2. The zero-order valence-corrected chi connectivity index (χ0v) is 15.2. The van der Waals surface area contributed by atoms with Crippen molar-refractivity contribution in [3.63, 3.8) is 0 Å². The number of pyridine rings is 1. The Bertz CT molecular complexity index is 852. The number of nitrogens with zero attached hydrogens (tertiary/aromatic N) is 2. The molecule has 0 aliphatic heterocycles. The second kappa shape index (κ2) is 7.55. The zero-order valence-electron chi connectivity index (χ0n) is 12.8. The van der Waals surface area contributed by atoms with Crippen LogP contribution in [0.4, 0.5) is 5.69 Å². The molecule has 0 aliphatic rings. The summed E-state index contributed by atoms with van der Waals surface area (Å²) >= 11 is 4.86. The number of aromatic nitrogens is 2. The van der Waals surface area contributed by atoms with Crippen LogP contribution in [0.25, 0.3) is 10.7 Å². The van der Waals surface area contributed by atoms with Gasteiger partial charge in [0.15, 0.2) is 0 Å². The minimum absolute atomic E-state index is 0.149. The topological polar surface area (TPSA) is 64.1 Å². The molecular weight excluding hydrogens is 390 g/mol. The molecule has 0 aliphatic carbocycles. The van der Waals surface area contributed by atoms with E-state index < -0.39 is 0 Å². The quantitative estimate of drug-likeness (QED) is 0.694. The number of carbonyl (C=O) groups is 1. The number of halogens is 1. The first-order chi connectivity index (χ1) is 11.7. The molecule has 24 heavy (non-hydrogen) atoms. The van der Waals surface area contributed by atoms with Crippen LogP contribution in [0.15, 0.2) is 52.4 Å². The van der Waals surface area contributed by atoms with Gasteiger partial charge in [-0.25, -0.2) is 4.98 Å². The SMILES string of the molecule is COc1ccc(Br)cc1NC(=O)Cc1csc(-c2ccccn2)n1. The Morgan fingerprint density at radius 3 is 2.96 bits per heavy atom. The van der Waals surface area contributed by atoms with Crippen LogP contribution in [-0.2, 0) is 11.2 Å². The van der Waals surface area contributed by atoms with Crippen molar-refractivity contribution < 1.29 is 9.53 Å². The van der Waals surface area contributed by atoms with Gasteiger partial charge in [-0.2, -0.15) is 0 Å². The second-order valence-corrected chi connectivity index (χ2v) is 6.70. The molecule has 0 atom stereocenters. The molecule has 122 valence electrons. The molecule has 5 nitrogen and oxygen atoms in total. The van der Waals surface area contributed by atoms with Crippen molar-refractivity contribution in [3.05, 3.63) is 58.1 Å². The van der Waals surface area contributed by atoms with E-state index in [0.29, 0.717) is 17.1 Å². The fraction of sp³-hybridized carbons (Fsp3) is 0.118. The van der Waals surface area contributed by atoms with Gasteiger partial charge in [-0.3, -0.25) is 9.78 Å². The van der Waals surface area contributed by atoms with Crippen LogP contribution in [0.3, 0.4) is 0 Å². The Hall–Kier alpha value is -2.25. The summed E-state index contributed by atoms with van der Waals surface area (Å²) in [6.07, 6.45) is 1.92. The number of nitrogens with one attached hydrogen (secondary N) is 1. The highest BCUT2D eigenvalue weighted by atomic mass is 79.9. The number of amides is 1. The van der Waals surface area contributed by atoms with Gasteiger partial charge in [0.2, 0.25) is 5.91 Å². The molecule has 2 heterocycles. The highest BCUT2D eigenvalue weighted by Crippen LogP contribution is 2.28. The highest BCUT2D eigenvalue weighted by Gasteiger charge is 2.12. The summed E-state index contributed by atoms with van der Waals surface area (Å²) in [4.78, 5) is 21.0. The van der Waals surface area contributed by atoms with E-state index in [1.165, 1.54) is 11.3 Å². The third kappa shape index (κ3) is 3.98.